The second-order valence-electron chi connectivity index (χ2n) is 4.21. The zero-order valence-electron chi connectivity index (χ0n) is 10.4. The Bertz CT molecular complexity index is 511. The first kappa shape index (κ1) is 14.7. The van der Waals surface area contributed by atoms with Crippen LogP contribution in [-0.4, -0.2) is 6.54 Å². The maximum atomic E-state index is 5.90. The van der Waals surface area contributed by atoms with E-state index in [-0.39, 0.29) is 5.25 Å². The largest absolute Gasteiger partial charge is 0.329 e. The van der Waals surface area contributed by atoms with Crippen LogP contribution < -0.4 is 5.73 Å². The van der Waals surface area contributed by atoms with Gasteiger partial charge in [-0.25, -0.2) is 0 Å². The van der Waals surface area contributed by atoms with Crippen LogP contribution in [0.25, 0.3) is 0 Å². The Balaban J connectivity index is 1.99. The van der Waals surface area contributed by atoms with Crippen molar-refractivity contribution in [3.05, 3.63) is 69.7 Å². The Labute approximate surface area is 128 Å². The van der Waals surface area contributed by atoms with Crippen LogP contribution in [0.2, 0.25) is 10.0 Å². The van der Waals surface area contributed by atoms with Gasteiger partial charge in [0.25, 0.3) is 0 Å². The lowest BCUT2D eigenvalue weighted by molar-refractivity contribution is 0.940. The van der Waals surface area contributed by atoms with E-state index in [9.17, 15) is 0 Å². The van der Waals surface area contributed by atoms with Crippen molar-refractivity contribution in [2.75, 3.05) is 6.54 Å². The van der Waals surface area contributed by atoms with Crippen LogP contribution in [-0.2, 0) is 5.75 Å². The molecular weight excluding hydrogens is 297 g/mol. The molecule has 0 fully saturated rings. The Kier molecular flexibility index (Phi) is 5.59. The van der Waals surface area contributed by atoms with Gasteiger partial charge in [-0.15, -0.1) is 11.8 Å². The summed E-state index contributed by atoms with van der Waals surface area (Å²) in [5.74, 6) is 0.918. The monoisotopic (exact) mass is 311 g/mol. The molecule has 0 aromatic heterocycles. The van der Waals surface area contributed by atoms with Crippen LogP contribution >= 0.6 is 35.0 Å². The molecule has 2 N–H and O–H groups in total. The van der Waals surface area contributed by atoms with Crippen molar-refractivity contribution in [3.8, 4) is 0 Å². The molecule has 0 amide bonds. The van der Waals surface area contributed by atoms with Crippen LogP contribution in [0.3, 0.4) is 0 Å². The number of benzene rings is 2. The average Bonchev–Trinajstić information content (AvgIpc) is 2.43. The lowest BCUT2D eigenvalue weighted by Crippen LogP contribution is -2.09. The minimum atomic E-state index is 0.285. The third-order valence-electron chi connectivity index (χ3n) is 2.82. The van der Waals surface area contributed by atoms with Gasteiger partial charge < -0.3 is 5.73 Å². The summed E-state index contributed by atoms with van der Waals surface area (Å²) in [6.07, 6.45) is 0. The van der Waals surface area contributed by atoms with Crippen molar-refractivity contribution >= 4 is 35.0 Å². The Morgan fingerprint density at radius 3 is 1.95 bits per heavy atom. The molecule has 0 saturated carbocycles. The summed E-state index contributed by atoms with van der Waals surface area (Å²) in [5, 5.41) is 1.80. The Hall–Kier alpha value is -0.670. The molecule has 2 aromatic rings. The maximum absolute atomic E-state index is 5.90. The molecule has 1 unspecified atom stereocenters. The zero-order valence-corrected chi connectivity index (χ0v) is 12.7. The van der Waals surface area contributed by atoms with Gasteiger partial charge in [0.15, 0.2) is 0 Å². The summed E-state index contributed by atoms with van der Waals surface area (Å²) >= 11 is 13.6. The summed E-state index contributed by atoms with van der Waals surface area (Å²) in [6, 6.07) is 15.8. The van der Waals surface area contributed by atoms with Gasteiger partial charge in [-0.3, -0.25) is 0 Å². The zero-order chi connectivity index (χ0) is 13.7. The second-order valence-corrected chi connectivity index (χ2v) is 6.28. The molecule has 0 spiro atoms. The number of halogens is 2. The molecule has 2 aromatic carbocycles. The number of hydrogen-bond donors (Lipinski definition) is 1. The molecule has 19 heavy (non-hydrogen) atoms. The first-order chi connectivity index (χ1) is 9.19. The fourth-order valence-electron chi connectivity index (χ4n) is 1.76. The predicted molar refractivity (Wildman–Crippen MR) is 86.0 cm³/mol. The van der Waals surface area contributed by atoms with Gasteiger partial charge in [0.05, 0.1) is 0 Å². The molecule has 1 atom stereocenters. The van der Waals surface area contributed by atoms with Gasteiger partial charge in [-0.1, -0.05) is 47.5 Å². The van der Waals surface area contributed by atoms with Crippen LogP contribution in [0.4, 0.5) is 0 Å². The van der Waals surface area contributed by atoms with Crippen molar-refractivity contribution in [1.82, 2.24) is 0 Å². The molecule has 100 valence electrons. The van der Waals surface area contributed by atoms with E-state index in [1.807, 2.05) is 60.3 Å². The van der Waals surface area contributed by atoms with E-state index < -0.39 is 0 Å². The second kappa shape index (κ2) is 7.20. The topological polar surface area (TPSA) is 26.0 Å². The first-order valence-corrected chi connectivity index (χ1v) is 7.81. The van der Waals surface area contributed by atoms with Gasteiger partial charge in [-0.2, -0.15) is 0 Å². The Morgan fingerprint density at radius 2 is 1.42 bits per heavy atom. The third-order valence-corrected chi connectivity index (χ3v) is 4.69. The summed E-state index contributed by atoms with van der Waals surface area (Å²) in [7, 11) is 0. The van der Waals surface area contributed by atoms with Gasteiger partial charge in [0.2, 0.25) is 0 Å². The van der Waals surface area contributed by atoms with E-state index in [2.05, 4.69) is 0 Å². The standard InChI is InChI=1S/C15H15Cl2NS/c16-13-5-1-11(2-6-13)10-19-15(9-18)12-3-7-14(17)8-4-12/h1-8,15H,9-10,18H2. The van der Waals surface area contributed by atoms with Crippen LogP contribution in [0.5, 0.6) is 0 Å². The molecule has 0 heterocycles. The van der Waals surface area contributed by atoms with Crippen molar-refractivity contribution < 1.29 is 0 Å². The van der Waals surface area contributed by atoms with Crippen LogP contribution in [0.15, 0.2) is 48.5 Å². The van der Waals surface area contributed by atoms with Crippen molar-refractivity contribution in [2.24, 2.45) is 5.73 Å². The molecule has 0 aliphatic carbocycles. The third kappa shape index (κ3) is 4.43. The minimum Gasteiger partial charge on any atom is -0.329 e. The van der Waals surface area contributed by atoms with E-state index in [1.54, 1.807) is 0 Å². The number of rotatable bonds is 5. The summed E-state index contributed by atoms with van der Waals surface area (Å²) in [5.41, 5.74) is 8.32. The molecular formula is C15H15Cl2NS. The van der Waals surface area contributed by atoms with E-state index in [0.29, 0.717) is 6.54 Å². The highest BCUT2D eigenvalue weighted by Gasteiger charge is 2.10. The highest BCUT2D eigenvalue weighted by Crippen LogP contribution is 2.31. The maximum Gasteiger partial charge on any atom is 0.0423 e. The number of hydrogen-bond acceptors (Lipinski definition) is 2. The average molecular weight is 312 g/mol. The van der Waals surface area contributed by atoms with Gasteiger partial charge >= 0.3 is 0 Å². The molecule has 0 saturated heterocycles. The smallest absolute Gasteiger partial charge is 0.0423 e. The highest BCUT2D eigenvalue weighted by atomic mass is 35.5. The summed E-state index contributed by atoms with van der Waals surface area (Å²) in [4.78, 5) is 0. The van der Waals surface area contributed by atoms with Crippen molar-refractivity contribution in [1.29, 1.82) is 0 Å². The fraction of sp³-hybridized carbons (Fsp3) is 0.200. The molecule has 2 rings (SSSR count). The van der Waals surface area contributed by atoms with E-state index >= 15 is 0 Å². The van der Waals surface area contributed by atoms with Crippen LogP contribution in [0.1, 0.15) is 16.4 Å². The first-order valence-electron chi connectivity index (χ1n) is 6.00. The number of thioether (sulfide) groups is 1. The molecule has 0 aliphatic heterocycles. The van der Waals surface area contributed by atoms with E-state index in [0.717, 1.165) is 15.8 Å². The molecule has 4 heteroatoms. The van der Waals surface area contributed by atoms with E-state index in [4.69, 9.17) is 28.9 Å². The lowest BCUT2D eigenvalue weighted by atomic mass is 10.1. The summed E-state index contributed by atoms with van der Waals surface area (Å²) in [6.45, 7) is 0.611. The number of nitrogens with two attached hydrogens (primary N) is 1. The normalized spacial score (nSPS) is 12.4. The van der Waals surface area contributed by atoms with Gasteiger partial charge in [0.1, 0.15) is 0 Å². The fourth-order valence-corrected chi connectivity index (χ4v) is 3.08. The predicted octanol–water partition coefficient (Wildman–Crippen LogP) is 4.93. The van der Waals surface area contributed by atoms with Crippen molar-refractivity contribution in [2.45, 2.75) is 11.0 Å². The molecule has 1 nitrogen and oxygen atoms in total. The van der Waals surface area contributed by atoms with E-state index in [1.165, 1.54) is 11.1 Å². The SMILES string of the molecule is NCC(SCc1ccc(Cl)cc1)c1ccc(Cl)cc1. The van der Waals surface area contributed by atoms with Crippen molar-refractivity contribution in [3.63, 3.8) is 0 Å². The minimum absolute atomic E-state index is 0.285. The van der Waals surface area contributed by atoms with Crippen LogP contribution in [0, 0.1) is 0 Å². The Morgan fingerprint density at radius 1 is 0.895 bits per heavy atom. The molecule has 0 aliphatic rings. The molecule has 0 radical (unpaired) electrons. The molecule has 0 bridgehead atoms. The quantitative estimate of drug-likeness (QED) is 0.847. The van der Waals surface area contributed by atoms with Gasteiger partial charge in [-0.05, 0) is 35.4 Å². The highest BCUT2D eigenvalue weighted by molar-refractivity contribution is 7.98. The lowest BCUT2D eigenvalue weighted by Gasteiger charge is -2.15. The summed E-state index contributed by atoms with van der Waals surface area (Å²) < 4.78 is 0. The van der Waals surface area contributed by atoms with Gasteiger partial charge in [0, 0.05) is 27.6 Å².